The maximum absolute atomic E-state index is 12.6. The Balaban J connectivity index is 2.31. The predicted octanol–water partition coefficient (Wildman–Crippen LogP) is 4.02. The van der Waals surface area contributed by atoms with E-state index >= 15 is 0 Å². The lowest BCUT2D eigenvalue weighted by Crippen LogP contribution is -2.26. The van der Waals surface area contributed by atoms with Crippen LogP contribution in [0.25, 0.3) is 0 Å². The largest absolute Gasteiger partial charge is 0.295 e. The Bertz CT molecular complexity index is 850. The zero-order valence-electron chi connectivity index (χ0n) is 12.6. The molecule has 2 aromatic rings. The van der Waals surface area contributed by atoms with Crippen LogP contribution in [-0.4, -0.2) is 25.6 Å². The summed E-state index contributed by atoms with van der Waals surface area (Å²) in [7, 11) is -2.27. The molecule has 0 amide bonds. The minimum absolute atomic E-state index is 0.0674. The van der Waals surface area contributed by atoms with Crippen molar-refractivity contribution >= 4 is 39.0 Å². The molecule has 122 valence electrons. The number of nitrogens with zero attached hydrogens (tertiary/aromatic N) is 1. The summed E-state index contributed by atoms with van der Waals surface area (Å²) >= 11 is 11.9. The highest BCUT2D eigenvalue weighted by Crippen LogP contribution is 2.24. The van der Waals surface area contributed by atoms with E-state index in [0.717, 1.165) is 0 Å². The number of rotatable bonds is 5. The normalized spacial score (nSPS) is 11.7. The van der Waals surface area contributed by atoms with Crippen molar-refractivity contribution in [3.63, 3.8) is 0 Å². The number of hydrogen-bond acceptors (Lipinski definition) is 3. The Hall–Kier alpha value is -1.40. The van der Waals surface area contributed by atoms with Gasteiger partial charge in [0.25, 0.3) is 0 Å². The van der Waals surface area contributed by atoms with Crippen molar-refractivity contribution in [1.82, 2.24) is 4.31 Å². The zero-order chi connectivity index (χ0) is 17.2. The molecule has 0 aliphatic carbocycles. The van der Waals surface area contributed by atoms with Crippen molar-refractivity contribution in [2.24, 2.45) is 0 Å². The van der Waals surface area contributed by atoms with Gasteiger partial charge in [-0.15, -0.1) is 0 Å². The molecule has 7 heteroatoms. The summed E-state index contributed by atoms with van der Waals surface area (Å²) in [4.78, 5) is 11.5. The van der Waals surface area contributed by atoms with Gasteiger partial charge < -0.3 is 0 Å². The topological polar surface area (TPSA) is 54.5 Å². The molecule has 4 nitrogen and oxygen atoms in total. The highest BCUT2D eigenvalue weighted by Gasteiger charge is 2.22. The number of ketones is 1. The first-order valence-electron chi connectivity index (χ1n) is 6.73. The van der Waals surface area contributed by atoms with E-state index in [0.29, 0.717) is 21.2 Å². The van der Waals surface area contributed by atoms with Gasteiger partial charge in [0.05, 0.1) is 4.90 Å². The highest BCUT2D eigenvalue weighted by molar-refractivity contribution is 7.89. The molecule has 0 saturated carbocycles. The quantitative estimate of drug-likeness (QED) is 0.745. The lowest BCUT2D eigenvalue weighted by atomic mass is 10.2. The van der Waals surface area contributed by atoms with Crippen molar-refractivity contribution in [3.05, 3.63) is 63.6 Å². The Morgan fingerprint density at radius 3 is 2.43 bits per heavy atom. The van der Waals surface area contributed by atoms with Crippen LogP contribution in [0.5, 0.6) is 0 Å². The van der Waals surface area contributed by atoms with Gasteiger partial charge in [-0.1, -0.05) is 41.4 Å². The van der Waals surface area contributed by atoms with E-state index in [1.165, 1.54) is 30.4 Å². The van der Waals surface area contributed by atoms with Crippen LogP contribution in [0.4, 0.5) is 0 Å². The van der Waals surface area contributed by atoms with Crippen molar-refractivity contribution < 1.29 is 13.2 Å². The Labute approximate surface area is 145 Å². The number of carbonyl (C=O) groups is 1. The number of hydrogen-bond donors (Lipinski definition) is 0. The standard InChI is InChI=1S/C16H15Cl2NO3S/c1-11(20)12-4-3-5-15(8-12)23(21,22)19(2)10-13-6-7-14(17)9-16(13)18/h3-9H,10H2,1-2H3. The number of halogens is 2. The van der Waals surface area contributed by atoms with Crippen molar-refractivity contribution in [1.29, 1.82) is 0 Å². The Morgan fingerprint density at radius 1 is 1.13 bits per heavy atom. The maximum Gasteiger partial charge on any atom is 0.243 e. The van der Waals surface area contributed by atoms with Gasteiger partial charge in [0.2, 0.25) is 10.0 Å². The van der Waals surface area contributed by atoms with Gasteiger partial charge in [-0.2, -0.15) is 4.31 Å². The third-order valence-corrected chi connectivity index (χ3v) is 5.74. The van der Waals surface area contributed by atoms with Crippen LogP contribution in [0.3, 0.4) is 0 Å². The zero-order valence-corrected chi connectivity index (χ0v) is 14.9. The fraction of sp³-hybridized carbons (Fsp3) is 0.188. The Morgan fingerprint density at radius 2 is 1.83 bits per heavy atom. The SMILES string of the molecule is CC(=O)c1cccc(S(=O)(=O)N(C)Cc2ccc(Cl)cc2Cl)c1. The summed E-state index contributed by atoms with van der Waals surface area (Å²) in [5, 5.41) is 0.885. The first-order chi connectivity index (χ1) is 10.7. The molecule has 0 spiro atoms. The molecule has 0 aromatic heterocycles. The highest BCUT2D eigenvalue weighted by atomic mass is 35.5. The van der Waals surface area contributed by atoms with Crippen molar-refractivity contribution in [2.45, 2.75) is 18.4 Å². The van der Waals surface area contributed by atoms with Gasteiger partial charge in [0.15, 0.2) is 5.78 Å². The maximum atomic E-state index is 12.6. The molecule has 0 bridgehead atoms. The lowest BCUT2D eigenvalue weighted by Gasteiger charge is -2.18. The molecule has 0 N–H and O–H groups in total. The van der Waals surface area contributed by atoms with Crippen LogP contribution >= 0.6 is 23.2 Å². The minimum Gasteiger partial charge on any atom is -0.295 e. The molecule has 0 saturated heterocycles. The Kier molecular flexibility index (Phi) is 5.47. The molecule has 0 aliphatic heterocycles. The molecular formula is C16H15Cl2NO3S. The monoisotopic (exact) mass is 371 g/mol. The van der Waals surface area contributed by atoms with Gasteiger partial charge in [-0.25, -0.2) is 8.42 Å². The molecule has 2 aromatic carbocycles. The van der Waals surface area contributed by atoms with Gasteiger partial charge in [-0.05, 0) is 36.8 Å². The van der Waals surface area contributed by atoms with E-state index in [2.05, 4.69) is 0 Å². The second-order valence-corrected chi connectivity index (χ2v) is 7.97. The average Bonchev–Trinajstić information content (AvgIpc) is 2.50. The summed E-state index contributed by atoms with van der Waals surface area (Å²) in [6.07, 6.45) is 0. The third kappa shape index (κ3) is 4.12. The fourth-order valence-electron chi connectivity index (χ4n) is 2.03. The van der Waals surface area contributed by atoms with Gasteiger partial charge in [-0.3, -0.25) is 4.79 Å². The molecule has 2 rings (SSSR count). The molecular weight excluding hydrogens is 357 g/mol. The van der Waals surface area contributed by atoms with E-state index in [9.17, 15) is 13.2 Å². The van der Waals surface area contributed by atoms with E-state index in [4.69, 9.17) is 23.2 Å². The molecule has 0 unspecified atom stereocenters. The summed E-state index contributed by atoms with van der Waals surface area (Å²) in [5.41, 5.74) is 0.994. The first kappa shape index (κ1) is 17.9. The summed E-state index contributed by atoms with van der Waals surface area (Å²) < 4.78 is 26.5. The van der Waals surface area contributed by atoms with Crippen LogP contribution < -0.4 is 0 Å². The average molecular weight is 372 g/mol. The first-order valence-corrected chi connectivity index (χ1v) is 8.92. The van der Waals surface area contributed by atoms with Crippen LogP contribution in [0.15, 0.2) is 47.4 Å². The lowest BCUT2D eigenvalue weighted by molar-refractivity contribution is 0.101. The molecule has 0 heterocycles. The van der Waals surface area contributed by atoms with Crippen LogP contribution in [0, 0.1) is 0 Å². The second-order valence-electron chi connectivity index (χ2n) is 5.08. The summed E-state index contributed by atoms with van der Waals surface area (Å²) in [5.74, 6) is -0.189. The smallest absolute Gasteiger partial charge is 0.243 e. The van der Waals surface area contributed by atoms with Gasteiger partial charge >= 0.3 is 0 Å². The van der Waals surface area contributed by atoms with Crippen LogP contribution in [0.2, 0.25) is 10.0 Å². The van der Waals surface area contributed by atoms with E-state index in [1.54, 1.807) is 30.3 Å². The van der Waals surface area contributed by atoms with E-state index < -0.39 is 10.0 Å². The number of sulfonamides is 1. The van der Waals surface area contributed by atoms with Crippen molar-refractivity contribution in [2.75, 3.05) is 7.05 Å². The van der Waals surface area contributed by atoms with Crippen molar-refractivity contribution in [3.8, 4) is 0 Å². The van der Waals surface area contributed by atoms with Gasteiger partial charge in [0, 0.05) is 29.2 Å². The summed E-state index contributed by atoms with van der Waals surface area (Å²) in [6.45, 7) is 1.49. The third-order valence-electron chi connectivity index (χ3n) is 3.36. The van der Waals surface area contributed by atoms with E-state index in [1.807, 2.05) is 0 Å². The second kappa shape index (κ2) is 7.01. The molecule has 0 aliphatic rings. The van der Waals surface area contributed by atoms with Crippen LogP contribution in [-0.2, 0) is 16.6 Å². The molecule has 0 atom stereocenters. The minimum atomic E-state index is -3.73. The predicted molar refractivity (Wildman–Crippen MR) is 91.6 cm³/mol. The number of benzene rings is 2. The molecule has 0 fully saturated rings. The fourth-order valence-corrected chi connectivity index (χ4v) is 3.69. The van der Waals surface area contributed by atoms with Crippen LogP contribution in [0.1, 0.15) is 22.8 Å². The molecule has 23 heavy (non-hydrogen) atoms. The number of Topliss-reactive ketones (excluding diaryl/α,β-unsaturated/α-hetero) is 1. The van der Waals surface area contributed by atoms with E-state index in [-0.39, 0.29) is 17.2 Å². The summed E-state index contributed by atoms with van der Waals surface area (Å²) in [6, 6.07) is 10.9. The number of carbonyl (C=O) groups excluding carboxylic acids is 1. The van der Waals surface area contributed by atoms with Gasteiger partial charge in [0.1, 0.15) is 0 Å². The molecule has 0 radical (unpaired) electrons.